The summed E-state index contributed by atoms with van der Waals surface area (Å²) in [4.78, 5) is 5.73. The smallest absolute Gasteiger partial charge is 0.191 e. The third-order valence-electron chi connectivity index (χ3n) is 1.70. The summed E-state index contributed by atoms with van der Waals surface area (Å²) in [5.74, 6) is 0.879. The highest BCUT2D eigenvalue weighted by Crippen LogP contribution is 2.20. The van der Waals surface area contributed by atoms with Crippen LogP contribution in [0.4, 0.5) is 0 Å². The molecule has 1 heterocycles. The molecule has 0 atom stereocenters. The normalized spacial score (nSPS) is 9.80. The van der Waals surface area contributed by atoms with Crippen LogP contribution in [0.15, 0.2) is 20.9 Å². The number of rotatable bonds is 4. The number of thiophene rings is 1. The van der Waals surface area contributed by atoms with Crippen molar-refractivity contribution in [2.45, 2.75) is 20.4 Å². The van der Waals surface area contributed by atoms with Crippen molar-refractivity contribution in [2.75, 3.05) is 13.1 Å². The summed E-state index contributed by atoms with van der Waals surface area (Å²) < 4.78 is 1.13. The minimum Gasteiger partial charge on any atom is -0.357 e. The van der Waals surface area contributed by atoms with Crippen molar-refractivity contribution >= 4 is 33.2 Å². The average molecular weight is 290 g/mol. The first-order chi connectivity index (χ1) is 7.26. The van der Waals surface area contributed by atoms with Crippen LogP contribution in [0.25, 0.3) is 0 Å². The maximum Gasteiger partial charge on any atom is 0.191 e. The third kappa shape index (κ3) is 4.66. The summed E-state index contributed by atoms with van der Waals surface area (Å²) in [6, 6.07) is 2.10. The van der Waals surface area contributed by atoms with Gasteiger partial charge in [0.2, 0.25) is 0 Å². The zero-order valence-corrected chi connectivity index (χ0v) is 11.4. The Morgan fingerprint density at radius 2 is 2.07 bits per heavy atom. The Morgan fingerprint density at radius 3 is 2.53 bits per heavy atom. The second kappa shape index (κ2) is 6.85. The zero-order valence-electron chi connectivity index (χ0n) is 9.01. The molecule has 0 unspecified atom stereocenters. The van der Waals surface area contributed by atoms with Crippen LogP contribution >= 0.6 is 27.3 Å². The molecule has 0 radical (unpaired) electrons. The molecule has 2 N–H and O–H groups in total. The monoisotopic (exact) mass is 289 g/mol. The number of nitrogens with one attached hydrogen (secondary N) is 2. The van der Waals surface area contributed by atoms with Crippen molar-refractivity contribution in [2.24, 2.45) is 4.99 Å². The fraction of sp³-hybridized carbons (Fsp3) is 0.500. The Morgan fingerprint density at radius 1 is 1.40 bits per heavy atom. The molecule has 0 aliphatic rings. The van der Waals surface area contributed by atoms with Gasteiger partial charge in [-0.15, -0.1) is 11.3 Å². The largest absolute Gasteiger partial charge is 0.357 e. The van der Waals surface area contributed by atoms with Gasteiger partial charge in [-0.05, 0) is 35.8 Å². The van der Waals surface area contributed by atoms with Crippen LogP contribution in [-0.4, -0.2) is 19.0 Å². The Kier molecular flexibility index (Phi) is 5.71. The molecule has 84 valence electrons. The summed E-state index contributed by atoms with van der Waals surface area (Å²) in [6.07, 6.45) is 0. The first-order valence-corrected chi connectivity index (χ1v) is 6.68. The molecular formula is C10H16BrN3S. The standard InChI is InChI=1S/C10H16BrN3S/c1-3-12-10(13-4-2)14-6-9-5-8(11)7-15-9/h5,7H,3-4,6H2,1-2H3,(H2,12,13,14). The maximum atomic E-state index is 4.47. The Balaban J connectivity index is 2.52. The van der Waals surface area contributed by atoms with E-state index in [-0.39, 0.29) is 0 Å². The molecule has 0 spiro atoms. The van der Waals surface area contributed by atoms with E-state index in [0.717, 1.165) is 30.1 Å². The van der Waals surface area contributed by atoms with Crippen molar-refractivity contribution < 1.29 is 0 Å². The molecule has 1 rings (SSSR count). The van der Waals surface area contributed by atoms with Gasteiger partial charge in [0.1, 0.15) is 0 Å². The fourth-order valence-corrected chi connectivity index (χ4v) is 2.48. The highest BCUT2D eigenvalue weighted by atomic mass is 79.9. The summed E-state index contributed by atoms with van der Waals surface area (Å²) in [7, 11) is 0. The van der Waals surface area contributed by atoms with Gasteiger partial charge in [-0.3, -0.25) is 0 Å². The van der Waals surface area contributed by atoms with E-state index in [1.807, 2.05) is 0 Å². The van der Waals surface area contributed by atoms with Gasteiger partial charge in [0.25, 0.3) is 0 Å². The summed E-state index contributed by atoms with van der Waals surface area (Å²) in [5, 5.41) is 8.46. The van der Waals surface area contributed by atoms with E-state index in [1.54, 1.807) is 11.3 Å². The fourth-order valence-electron chi connectivity index (χ4n) is 1.10. The SMILES string of the molecule is CCNC(=NCc1cc(Br)cs1)NCC. The van der Waals surface area contributed by atoms with Crippen molar-refractivity contribution in [3.8, 4) is 0 Å². The number of halogens is 1. The highest BCUT2D eigenvalue weighted by molar-refractivity contribution is 9.10. The summed E-state index contributed by atoms with van der Waals surface area (Å²) in [5.41, 5.74) is 0. The Bertz CT molecular complexity index is 314. The summed E-state index contributed by atoms with van der Waals surface area (Å²) >= 11 is 5.15. The second-order valence-corrected chi connectivity index (χ2v) is 4.87. The second-order valence-electron chi connectivity index (χ2n) is 2.96. The van der Waals surface area contributed by atoms with Gasteiger partial charge in [0.05, 0.1) is 6.54 Å². The molecule has 0 aliphatic carbocycles. The van der Waals surface area contributed by atoms with Crippen molar-refractivity contribution in [1.82, 2.24) is 10.6 Å². The molecule has 15 heavy (non-hydrogen) atoms. The topological polar surface area (TPSA) is 36.4 Å². The Hall–Kier alpha value is -0.550. The van der Waals surface area contributed by atoms with Crippen LogP contribution in [0.2, 0.25) is 0 Å². The van der Waals surface area contributed by atoms with E-state index in [2.05, 4.69) is 56.8 Å². The minimum absolute atomic E-state index is 0.728. The highest BCUT2D eigenvalue weighted by Gasteiger charge is 1.98. The molecule has 1 aromatic rings. The number of hydrogen-bond donors (Lipinski definition) is 2. The minimum atomic E-state index is 0.728. The van der Waals surface area contributed by atoms with Gasteiger partial charge in [-0.25, -0.2) is 4.99 Å². The van der Waals surface area contributed by atoms with E-state index in [1.165, 1.54) is 4.88 Å². The van der Waals surface area contributed by atoms with Gasteiger partial charge < -0.3 is 10.6 Å². The van der Waals surface area contributed by atoms with E-state index in [9.17, 15) is 0 Å². The molecule has 0 bridgehead atoms. The molecule has 1 aromatic heterocycles. The van der Waals surface area contributed by atoms with Crippen LogP contribution in [0.3, 0.4) is 0 Å². The summed E-state index contributed by atoms with van der Waals surface area (Å²) in [6.45, 7) is 6.63. The molecule has 0 aromatic carbocycles. The lowest BCUT2D eigenvalue weighted by Gasteiger charge is -2.08. The van der Waals surface area contributed by atoms with Crippen molar-refractivity contribution in [3.63, 3.8) is 0 Å². The number of aliphatic imine (C=N–C) groups is 1. The van der Waals surface area contributed by atoms with E-state index >= 15 is 0 Å². The number of nitrogens with zero attached hydrogens (tertiary/aromatic N) is 1. The first kappa shape index (κ1) is 12.5. The Labute approximate surface area is 103 Å². The van der Waals surface area contributed by atoms with Crippen LogP contribution in [-0.2, 0) is 6.54 Å². The van der Waals surface area contributed by atoms with Crippen LogP contribution < -0.4 is 10.6 Å². The molecule has 0 aliphatic heterocycles. The van der Waals surface area contributed by atoms with Crippen molar-refractivity contribution in [3.05, 3.63) is 20.8 Å². The van der Waals surface area contributed by atoms with E-state index in [4.69, 9.17) is 0 Å². The molecule has 5 heteroatoms. The first-order valence-electron chi connectivity index (χ1n) is 5.01. The molecule has 0 fully saturated rings. The molecule has 0 saturated heterocycles. The van der Waals surface area contributed by atoms with Crippen LogP contribution in [0.5, 0.6) is 0 Å². The number of hydrogen-bond acceptors (Lipinski definition) is 2. The molecule has 3 nitrogen and oxygen atoms in total. The lowest BCUT2D eigenvalue weighted by Crippen LogP contribution is -2.36. The van der Waals surface area contributed by atoms with Gasteiger partial charge in [0.15, 0.2) is 5.96 Å². The van der Waals surface area contributed by atoms with Gasteiger partial charge in [-0.1, -0.05) is 0 Å². The predicted octanol–water partition coefficient (Wildman–Crippen LogP) is 2.59. The van der Waals surface area contributed by atoms with E-state index in [0.29, 0.717) is 0 Å². The maximum absolute atomic E-state index is 4.47. The zero-order chi connectivity index (χ0) is 11.1. The third-order valence-corrected chi connectivity index (χ3v) is 3.39. The lowest BCUT2D eigenvalue weighted by molar-refractivity contribution is 0.841. The average Bonchev–Trinajstić information content (AvgIpc) is 2.61. The van der Waals surface area contributed by atoms with Gasteiger partial charge >= 0.3 is 0 Å². The van der Waals surface area contributed by atoms with Crippen LogP contribution in [0.1, 0.15) is 18.7 Å². The molecule has 0 amide bonds. The quantitative estimate of drug-likeness (QED) is 0.660. The van der Waals surface area contributed by atoms with Gasteiger partial charge in [-0.2, -0.15) is 0 Å². The van der Waals surface area contributed by atoms with Crippen LogP contribution in [0, 0.1) is 0 Å². The van der Waals surface area contributed by atoms with Gasteiger partial charge in [0, 0.05) is 27.8 Å². The molecule has 0 saturated carbocycles. The predicted molar refractivity (Wildman–Crippen MR) is 70.5 cm³/mol. The van der Waals surface area contributed by atoms with Crippen molar-refractivity contribution in [1.29, 1.82) is 0 Å². The lowest BCUT2D eigenvalue weighted by atomic mass is 10.5. The molecular weight excluding hydrogens is 274 g/mol. The number of guanidine groups is 1. The van der Waals surface area contributed by atoms with E-state index < -0.39 is 0 Å².